The summed E-state index contributed by atoms with van der Waals surface area (Å²) >= 11 is 0. The minimum Gasteiger partial charge on any atom is -0.282 e. The Kier molecular flexibility index (Phi) is 1.64. The van der Waals surface area contributed by atoms with Gasteiger partial charge in [0.15, 0.2) is 0 Å². The number of hydrogen-bond acceptors (Lipinski definition) is 4. The molecule has 1 N–H and O–H groups in total. The van der Waals surface area contributed by atoms with E-state index in [1.807, 2.05) is 0 Å². The fourth-order valence-corrected chi connectivity index (χ4v) is 0.807. The molecule has 0 unspecified atom stereocenters. The predicted molar refractivity (Wildman–Crippen MR) is 31.8 cm³/mol. The molecule has 1 aromatic heterocycles. The van der Waals surface area contributed by atoms with E-state index in [9.17, 15) is 8.42 Å². The van der Waals surface area contributed by atoms with Crippen LogP contribution < -0.4 is 0 Å². The van der Waals surface area contributed by atoms with Gasteiger partial charge in [0.25, 0.3) is 10.1 Å². The van der Waals surface area contributed by atoms with E-state index in [0.29, 0.717) is 0 Å². The van der Waals surface area contributed by atoms with E-state index in [-0.39, 0.29) is 4.90 Å². The monoisotopic (exact) mass is 160 g/mol. The Hall–Kier alpha value is -1.01. The first kappa shape index (κ1) is 7.10. The van der Waals surface area contributed by atoms with Gasteiger partial charge in [0.05, 0.1) is 12.4 Å². The number of hydrogen-bond donors (Lipinski definition) is 1. The van der Waals surface area contributed by atoms with Crippen LogP contribution in [0, 0.1) is 0 Å². The van der Waals surface area contributed by atoms with Gasteiger partial charge in [0.2, 0.25) is 0 Å². The standard InChI is InChI=1S/C4H4N2O3S/c7-10(8,9)4-1-5-3-6-2-4/h1-3H,(H,7,8,9). The van der Waals surface area contributed by atoms with Crippen LogP contribution in [0.1, 0.15) is 0 Å². The Morgan fingerprint density at radius 3 is 2.10 bits per heavy atom. The lowest BCUT2D eigenvalue weighted by molar-refractivity contribution is 0.482. The van der Waals surface area contributed by atoms with Crippen molar-refractivity contribution < 1.29 is 13.0 Å². The van der Waals surface area contributed by atoms with Gasteiger partial charge in [-0.1, -0.05) is 0 Å². The number of nitrogens with zero attached hydrogens (tertiary/aromatic N) is 2. The van der Waals surface area contributed by atoms with E-state index in [0.717, 1.165) is 12.4 Å². The van der Waals surface area contributed by atoms with Gasteiger partial charge in [0.1, 0.15) is 11.2 Å². The zero-order valence-electron chi connectivity index (χ0n) is 4.80. The summed E-state index contributed by atoms with van der Waals surface area (Å²) in [7, 11) is -4.13. The normalized spacial score (nSPS) is 11.3. The van der Waals surface area contributed by atoms with Gasteiger partial charge >= 0.3 is 0 Å². The Morgan fingerprint density at radius 2 is 1.80 bits per heavy atom. The molecule has 0 saturated heterocycles. The molecule has 0 aliphatic carbocycles. The SMILES string of the molecule is O=S(=O)(O)c1cncnc1. The van der Waals surface area contributed by atoms with Crippen molar-refractivity contribution in [3.05, 3.63) is 18.7 Å². The van der Waals surface area contributed by atoms with Gasteiger partial charge in [-0.15, -0.1) is 0 Å². The maximum Gasteiger partial charge on any atom is 0.297 e. The predicted octanol–water partition coefficient (Wildman–Crippen LogP) is -0.277. The highest BCUT2D eigenvalue weighted by Crippen LogP contribution is 2.01. The Bertz CT molecular complexity index is 307. The van der Waals surface area contributed by atoms with E-state index >= 15 is 0 Å². The first-order valence-electron chi connectivity index (χ1n) is 2.33. The van der Waals surface area contributed by atoms with Crippen molar-refractivity contribution in [2.24, 2.45) is 0 Å². The van der Waals surface area contributed by atoms with Crippen LogP contribution in [0.4, 0.5) is 0 Å². The first-order chi connectivity index (χ1) is 4.61. The van der Waals surface area contributed by atoms with Gasteiger partial charge in [-0.25, -0.2) is 9.97 Å². The Balaban J connectivity index is 3.22. The summed E-state index contributed by atoms with van der Waals surface area (Å²) < 4.78 is 29.0. The minimum atomic E-state index is -4.13. The maximum absolute atomic E-state index is 10.3. The lowest BCUT2D eigenvalue weighted by Crippen LogP contribution is -1.98. The van der Waals surface area contributed by atoms with Crippen LogP contribution in [0.25, 0.3) is 0 Å². The van der Waals surface area contributed by atoms with Crippen LogP contribution >= 0.6 is 0 Å². The molecule has 0 bridgehead atoms. The average Bonchev–Trinajstić information content (AvgIpc) is 1.88. The molecule has 0 aromatic carbocycles. The summed E-state index contributed by atoms with van der Waals surface area (Å²) in [4.78, 5) is 6.51. The smallest absolute Gasteiger partial charge is 0.282 e. The minimum absolute atomic E-state index is 0.296. The van der Waals surface area contributed by atoms with E-state index in [2.05, 4.69) is 9.97 Å². The van der Waals surface area contributed by atoms with Gasteiger partial charge in [-0.3, -0.25) is 4.55 Å². The van der Waals surface area contributed by atoms with Crippen molar-refractivity contribution in [1.29, 1.82) is 0 Å². The zero-order chi connectivity index (χ0) is 7.61. The van der Waals surface area contributed by atoms with Crippen LogP contribution in [0.2, 0.25) is 0 Å². The second-order valence-electron chi connectivity index (χ2n) is 1.55. The largest absolute Gasteiger partial charge is 0.297 e. The fourth-order valence-electron chi connectivity index (χ4n) is 0.419. The third-order valence-corrected chi connectivity index (χ3v) is 1.64. The molecule has 0 saturated carbocycles. The first-order valence-corrected chi connectivity index (χ1v) is 3.77. The summed E-state index contributed by atoms with van der Waals surface area (Å²) in [5.41, 5.74) is 0. The van der Waals surface area contributed by atoms with Gasteiger partial charge in [-0.05, 0) is 0 Å². The molecule has 6 heteroatoms. The number of rotatable bonds is 1. The Labute approximate surface area is 57.5 Å². The van der Waals surface area contributed by atoms with Crippen molar-refractivity contribution in [2.45, 2.75) is 4.90 Å². The zero-order valence-corrected chi connectivity index (χ0v) is 5.61. The maximum atomic E-state index is 10.3. The van der Waals surface area contributed by atoms with Gasteiger partial charge < -0.3 is 0 Å². The fraction of sp³-hybridized carbons (Fsp3) is 0. The molecule has 54 valence electrons. The lowest BCUT2D eigenvalue weighted by Gasteiger charge is -1.90. The Morgan fingerprint density at radius 1 is 1.30 bits per heavy atom. The van der Waals surface area contributed by atoms with E-state index < -0.39 is 10.1 Å². The van der Waals surface area contributed by atoms with Crippen molar-refractivity contribution in [3.63, 3.8) is 0 Å². The molecule has 10 heavy (non-hydrogen) atoms. The summed E-state index contributed by atoms with van der Waals surface area (Å²) in [5, 5.41) is 0. The molecule has 1 heterocycles. The summed E-state index contributed by atoms with van der Waals surface area (Å²) in [6, 6.07) is 0. The van der Waals surface area contributed by atoms with Crippen molar-refractivity contribution in [3.8, 4) is 0 Å². The van der Waals surface area contributed by atoms with Crippen LogP contribution in [0.15, 0.2) is 23.6 Å². The second-order valence-corrected chi connectivity index (χ2v) is 2.97. The molecule has 0 amide bonds. The third kappa shape index (κ3) is 1.49. The van der Waals surface area contributed by atoms with Crippen LogP contribution in [-0.2, 0) is 10.1 Å². The van der Waals surface area contributed by atoms with Crippen LogP contribution in [0.5, 0.6) is 0 Å². The topological polar surface area (TPSA) is 80.2 Å². The van der Waals surface area contributed by atoms with Gasteiger partial charge in [-0.2, -0.15) is 8.42 Å². The highest BCUT2D eigenvalue weighted by atomic mass is 32.2. The second kappa shape index (κ2) is 2.31. The molecule has 1 rings (SSSR count). The molecule has 0 atom stereocenters. The van der Waals surface area contributed by atoms with Gasteiger partial charge in [0, 0.05) is 0 Å². The summed E-state index contributed by atoms with van der Waals surface area (Å²) in [5.74, 6) is 0. The summed E-state index contributed by atoms with van der Waals surface area (Å²) in [6.07, 6.45) is 3.21. The quantitative estimate of drug-likeness (QED) is 0.571. The highest BCUT2D eigenvalue weighted by molar-refractivity contribution is 7.85. The molecule has 0 radical (unpaired) electrons. The van der Waals surface area contributed by atoms with E-state index in [1.54, 1.807) is 0 Å². The van der Waals surface area contributed by atoms with Crippen molar-refractivity contribution in [2.75, 3.05) is 0 Å². The molecule has 5 nitrogen and oxygen atoms in total. The summed E-state index contributed by atoms with van der Waals surface area (Å²) in [6.45, 7) is 0. The third-order valence-electron chi connectivity index (χ3n) is 0.835. The lowest BCUT2D eigenvalue weighted by atomic mass is 10.7. The highest BCUT2D eigenvalue weighted by Gasteiger charge is 2.07. The van der Waals surface area contributed by atoms with E-state index in [4.69, 9.17) is 4.55 Å². The molecular formula is C4H4N2O3S. The van der Waals surface area contributed by atoms with Crippen molar-refractivity contribution in [1.82, 2.24) is 9.97 Å². The van der Waals surface area contributed by atoms with Crippen LogP contribution in [-0.4, -0.2) is 22.9 Å². The van der Waals surface area contributed by atoms with E-state index in [1.165, 1.54) is 6.33 Å². The molecule has 0 aliphatic heterocycles. The number of aromatic nitrogens is 2. The molecule has 0 spiro atoms. The average molecular weight is 160 g/mol. The molecular weight excluding hydrogens is 156 g/mol. The molecule has 1 aromatic rings. The molecule has 0 fully saturated rings. The molecule has 0 aliphatic rings. The van der Waals surface area contributed by atoms with Crippen LogP contribution in [0.3, 0.4) is 0 Å². The van der Waals surface area contributed by atoms with Crippen molar-refractivity contribution >= 4 is 10.1 Å².